The highest BCUT2D eigenvalue weighted by Gasteiger charge is 2.05. The van der Waals surface area contributed by atoms with Crippen molar-refractivity contribution in [2.75, 3.05) is 17.2 Å². The van der Waals surface area contributed by atoms with E-state index in [-0.39, 0.29) is 0 Å². The van der Waals surface area contributed by atoms with Gasteiger partial charge in [-0.2, -0.15) is 10.1 Å². The smallest absolute Gasteiger partial charge is 0.244 e. The monoisotopic (exact) mass is 372 g/mol. The van der Waals surface area contributed by atoms with Crippen molar-refractivity contribution in [2.45, 2.75) is 26.2 Å². The third kappa shape index (κ3) is 4.11. The fourth-order valence-corrected chi connectivity index (χ4v) is 3.19. The Labute approximate surface area is 164 Å². The molecule has 0 radical (unpaired) electrons. The fourth-order valence-electron chi connectivity index (χ4n) is 3.19. The summed E-state index contributed by atoms with van der Waals surface area (Å²) < 4.78 is 0. The number of para-hydroxylation sites is 1. The molecule has 142 valence electrons. The molecule has 0 bridgehead atoms. The molecule has 0 aliphatic heterocycles. The number of hydrogen-bond donors (Lipinski definition) is 3. The van der Waals surface area contributed by atoms with E-state index in [1.807, 2.05) is 6.07 Å². The quantitative estimate of drug-likeness (QED) is 0.431. The molecule has 6 heteroatoms. The van der Waals surface area contributed by atoms with Gasteiger partial charge >= 0.3 is 0 Å². The normalized spacial score (nSPS) is 11.1. The Morgan fingerprint density at radius 1 is 1.04 bits per heavy atom. The van der Waals surface area contributed by atoms with E-state index in [0.717, 1.165) is 24.2 Å². The van der Waals surface area contributed by atoms with Crippen LogP contribution in [0.1, 0.15) is 30.9 Å². The highest BCUT2D eigenvalue weighted by atomic mass is 15.3. The molecule has 2 aromatic carbocycles. The second-order valence-electron chi connectivity index (χ2n) is 7.10. The van der Waals surface area contributed by atoms with Gasteiger partial charge in [0.15, 0.2) is 5.82 Å². The molecule has 0 atom stereocenters. The van der Waals surface area contributed by atoms with E-state index in [4.69, 9.17) is 0 Å². The zero-order valence-corrected chi connectivity index (χ0v) is 16.1. The first kappa shape index (κ1) is 18.0. The van der Waals surface area contributed by atoms with Gasteiger partial charge in [0.2, 0.25) is 5.95 Å². The van der Waals surface area contributed by atoms with Crippen molar-refractivity contribution in [3.8, 4) is 0 Å². The maximum absolute atomic E-state index is 4.50. The Bertz CT molecular complexity index is 1050. The Balaban J connectivity index is 1.37. The summed E-state index contributed by atoms with van der Waals surface area (Å²) in [7, 11) is 0. The number of hydrogen-bond acceptors (Lipinski definition) is 5. The Hall–Kier alpha value is -3.41. The fraction of sp³-hybridized carbons (Fsp3) is 0.227. The minimum Gasteiger partial charge on any atom is -0.361 e. The van der Waals surface area contributed by atoms with Crippen molar-refractivity contribution in [1.82, 2.24) is 20.2 Å². The van der Waals surface area contributed by atoms with Crippen LogP contribution in [0.2, 0.25) is 0 Å². The van der Waals surface area contributed by atoms with Crippen LogP contribution in [0.15, 0.2) is 60.9 Å². The average molecular weight is 372 g/mol. The molecule has 0 unspecified atom stereocenters. The molecule has 0 saturated carbocycles. The van der Waals surface area contributed by atoms with Gasteiger partial charge in [0.1, 0.15) is 0 Å². The van der Waals surface area contributed by atoms with E-state index in [2.05, 4.69) is 93.3 Å². The number of anilines is 3. The molecule has 28 heavy (non-hydrogen) atoms. The summed E-state index contributed by atoms with van der Waals surface area (Å²) in [5, 5.41) is 15.9. The van der Waals surface area contributed by atoms with Gasteiger partial charge in [-0.3, -0.25) is 0 Å². The van der Waals surface area contributed by atoms with Crippen LogP contribution in [0.25, 0.3) is 10.9 Å². The topological polar surface area (TPSA) is 78.5 Å². The lowest BCUT2D eigenvalue weighted by Crippen LogP contribution is -2.09. The minimum absolute atomic E-state index is 0.516. The van der Waals surface area contributed by atoms with Crippen molar-refractivity contribution < 1.29 is 0 Å². The van der Waals surface area contributed by atoms with Crippen LogP contribution in [-0.4, -0.2) is 26.7 Å². The molecule has 0 aliphatic carbocycles. The van der Waals surface area contributed by atoms with Crippen LogP contribution in [0.4, 0.5) is 17.5 Å². The molecule has 0 aliphatic rings. The lowest BCUT2D eigenvalue weighted by molar-refractivity contribution is 0.867. The molecule has 0 amide bonds. The first-order chi connectivity index (χ1) is 13.7. The number of benzene rings is 2. The van der Waals surface area contributed by atoms with Gasteiger partial charge in [-0.1, -0.05) is 44.2 Å². The number of aromatic nitrogens is 4. The third-order valence-electron chi connectivity index (χ3n) is 4.76. The van der Waals surface area contributed by atoms with E-state index in [0.29, 0.717) is 17.7 Å². The summed E-state index contributed by atoms with van der Waals surface area (Å²) in [6, 6.07) is 16.7. The SMILES string of the molecule is CC(C)c1ccc(Nc2cnnc(NCCc3c[nH]c4ccccc34)n2)cc1. The Kier molecular flexibility index (Phi) is 5.19. The zero-order valence-electron chi connectivity index (χ0n) is 16.1. The van der Waals surface area contributed by atoms with Crippen LogP contribution >= 0.6 is 0 Å². The number of H-pyrrole nitrogens is 1. The molecule has 2 aromatic heterocycles. The lowest BCUT2D eigenvalue weighted by Gasteiger charge is -2.09. The van der Waals surface area contributed by atoms with Gasteiger partial charge in [0.25, 0.3) is 0 Å². The van der Waals surface area contributed by atoms with Crippen LogP contribution < -0.4 is 10.6 Å². The predicted octanol–water partition coefficient (Wildman–Crippen LogP) is 4.87. The maximum Gasteiger partial charge on any atom is 0.244 e. The van der Waals surface area contributed by atoms with E-state index >= 15 is 0 Å². The number of aromatic amines is 1. The van der Waals surface area contributed by atoms with E-state index in [1.54, 1.807) is 6.20 Å². The van der Waals surface area contributed by atoms with Gasteiger partial charge < -0.3 is 15.6 Å². The van der Waals surface area contributed by atoms with Gasteiger partial charge in [-0.05, 0) is 41.7 Å². The first-order valence-corrected chi connectivity index (χ1v) is 9.54. The molecular weight excluding hydrogens is 348 g/mol. The van der Waals surface area contributed by atoms with E-state index in [1.165, 1.54) is 16.5 Å². The van der Waals surface area contributed by atoms with Crippen LogP contribution in [0.3, 0.4) is 0 Å². The van der Waals surface area contributed by atoms with Gasteiger partial charge in [-0.25, -0.2) is 0 Å². The van der Waals surface area contributed by atoms with Crippen molar-refractivity contribution in [3.05, 3.63) is 72.1 Å². The lowest BCUT2D eigenvalue weighted by atomic mass is 10.0. The van der Waals surface area contributed by atoms with Gasteiger partial charge in [-0.15, -0.1) is 5.10 Å². The predicted molar refractivity (Wildman–Crippen MR) is 114 cm³/mol. The summed E-state index contributed by atoms with van der Waals surface area (Å²) >= 11 is 0. The second-order valence-corrected chi connectivity index (χ2v) is 7.10. The second kappa shape index (κ2) is 8.08. The highest BCUT2D eigenvalue weighted by Crippen LogP contribution is 2.20. The molecule has 2 heterocycles. The van der Waals surface area contributed by atoms with Crippen molar-refractivity contribution in [1.29, 1.82) is 0 Å². The van der Waals surface area contributed by atoms with Crippen LogP contribution in [0, 0.1) is 0 Å². The molecule has 0 saturated heterocycles. The molecule has 0 fully saturated rings. The summed E-state index contributed by atoms with van der Waals surface area (Å²) in [6.07, 6.45) is 4.56. The van der Waals surface area contributed by atoms with E-state index in [9.17, 15) is 0 Å². The van der Waals surface area contributed by atoms with Gasteiger partial charge in [0, 0.05) is 29.3 Å². The Morgan fingerprint density at radius 2 is 1.86 bits per heavy atom. The molecule has 0 spiro atoms. The molecule has 4 aromatic rings. The standard InChI is InChI=1S/C22H24N6/c1-15(2)16-7-9-18(10-8-16)26-21-14-25-28-22(27-21)23-12-11-17-13-24-20-6-4-3-5-19(17)20/h3-10,13-15,24H,11-12H2,1-2H3,(H2,23,26,27,28). The van der Waals surface area contributed by atoms with Crippen molar-refractivity contribution >= 4 is 28.4 Å². The van der Waals surface area contributed by atoms with Crippen molar-refractivity contribution in [2.24, 2.45) is 0 Å². The summed E-state index contributed by atoms with van der Waals surface area (Å²) in [5.41, 5.74) is 4.72. The number of rotatable bonds is 7. The number of fused-ring (bicyclic) bond motifs is 1. The van der Waals surface area contributed by atoms with Crippen LogP contribution in [-0.2, 0) is 6.42 Å². The number of nitrogens with zero attached hydrogens (tertiary/aromatic N) is 3. The summed E-state index contributed by atoms with van der Waals surface area (Å²) in [5.74, 6) is 1.70. The Morgan fingerprint density at radius 3 is 2.68 bits per heavy atom. The van der Waals surface area contributed by atoms with Crippen LogP contribution in [0.5, 0.6) is 0 Å². The largest absolute Gasteiger partial charge is 0.361 e. The van der Waals surface area contributed by atoms with E-state index < -0.39 is 0 Å². The van der Waals surface area contributed by atoms with Gasteiger partial charge in [0.05, 0.1) is 6.20 Å². The minimum atomic E-state index is 0.516. The van der Waals surface area contributed by atoms with Crippen molar-refractivity contribution in [3.63, 3.8) is 0 Å². The molecule has 4 rings (SSSR count). The maximum atomic E-state index is 4.50. The first-order valence-electron chi connectivity index (χ1n) is 9.54. The molecular formula is C22H24N6. The summed E-state index contributed by atoms with van der Waals surface area (Å²) in [6.45, 7) is 5.10. The highest BCUT2D eigenvalue weighted by molar-refractivity contribution is 5.83. The average Bonchev–Trinajstić information content (AvgIpc) is 3.12. The third-order valence-corrected chi connectivity index (χ3v) is 4.76. The zero-order chi connectivity index (χ0) is 19.3. The molecule has 3 N–H and O–H groups in total. The summed E-state index contributed by atoms with van der Waals surface area (Å²) in [4.78, 5) is 7.81. The number of nitrogens with one attached hydrogen (secondary N) is 3. The molecule has 6 nitrogen and oxygen atoms in total.